The van der Waals surface area contributed by atoms with E-state index in [4.69, 9.17) is 0 Å². The molecule has 3 amide bonds. The smallest absolute Gasteiger partial charge is 0.319 e. The zero-order chi connectivity index (χ0) is 19.9. The maximum Gasteiger partial charge on any atom is 0.319 e. The summed E-state index contributed by atoms with van der Waals surface area (Å²) in [6.45, 7) is 4.23. The van der Waals surface area contributed by atoms with Gasteiger partial charge < -0.3 is 16.0 Å². The van der Waals surface area contributed by atoms with Crippen LogP contribution in [0.15, 0.2) is 53.4 Å². The molecule has 9 heteroatoms. The Bertz CT molecular complexity index is 928. The zero-order valence-corrected chi connectivity index (χ0v) is 15.9. The standard InChI is InChI=1S/C18H22N4O4S/c1-3-19-18(24)22-15-9-6-8-14(12-15)21-17(23)13-7-5-10-16(11-13)27(25,26)20-4-2/h5-12,20H,3-4H2,1-2H3,(H,21,23)(H2,19,22,24). The second kappa shape index (κ2) is 9.15. The van der Waals surface area contributed by atoms with Crippen LogP contribution in [0.25, 0.3) is 0 Å². The number of carbonyl (C=O) groups is 2. The number of rotatable bonds is 7. The highest BCUT2D eigenvalue weighted by atomic mass is 32.2. The van der Waals surface area contributed by atoms with E-state index in [9.17, 15) is 18.0 Å². The number of sulfonamides is 1. The minimum atomic E-state index is -3.65. The third-order valence-corrected chi connectivity index (χ3v) is 5.00. The van der Waals surface area contributed by atoms with E-state index in [1.807, 2.05) is 0 Å². The van der Waals surface area contributed by atoms with Crippen LogP contribution in [0.3, 0.4) is 0 Å². The Kier molecular flexibility index (Phi) is 6.91. The van der Waals surface area contributed by atoms with Crippen molar-refractivity contribution >= 4 is 33.3 Å². The molecule has 0 radical (unpaired) electrons. The first-order valence-corrected chi connectivity index (χ1v) is 9.90. The fraction of sp³-hybridized carbons (Fsp3) is 0.222. The highest BCUT2D eigenvalue weighted by molar-refractivity contribution is 7.89. The Morgan fingerprint density at radius 1 is 0.889 bits per heavy atom. The van der Waals surface area contributed by atoms with Crippen molar-refractivity contribution in [3.05, 3.63) is 54.1 Å². The summed E-state index contributed by atoms with van der Waals surface area (Å²) in [6, 6.07) is 12.1. The lowest BCUT2D eigenvalue weighted by atomic mass is 10.2. The van der Waals surface area contributed by atoms with Gasteiger partial charge in [0.1, 0.15) is 0 Å². The SMILES string of the molecule is CCNC(=O)Nc1cccc(NC(=O)c2cccc(S(=O)(=O)NCC)c2)c1. The van der Waals surface area contributed by atoms with Gasteiger partial charge in [-0.2, -0.15) is 0 Å². The topological polar surface area (TPSA) is 116 Å². The van der Waals surface area contributed by atoms with E-state index in [-0.39, 0.29) is 23.0 Å². The molecule has 0 aromatic heterocycles. The molecular formula is C18H22N4O4S. The van der Waals surface area contributed by atoms with Crippen LogP contribution in [0.2, 0.25) is 0 Å². The molecule has 4 N–H and O–H groups in total. The van der Waals surface area contributed by atoms with Crippen LogP contribution in [0.4, 0.5) is 16.2 Å². The molecule has 0 saturated heterocycles. The van der Waals surface area contributed by atoms with Gasteiger partial charge in [0.25, 0.3) is 5.91 Å². The fourth-order valence-corrected chi connectivity index (χ4v) is 3.38. The van der Waals surface area contributed by atoms with Gasteiger partial charge in [-0.1, -0.05) is 19.1 Å². The number of hydrogen-bond donors (Lipinski definition) is 4. The van der Waals surface area contributed by atoms with Gasteiger partial charge in [0.15, 0.2) is 0 Å². The van der Waals surface area contributed by atoms with Crippen molar-refractivity contribution in [3.63, 3.8) is 0 Å². The Morgan fingerprint density at radius 2 is 1.56 bits per heavy atom. The molecule has 0 aliphatic heterocycles. The average Bonchev–Trinajstić information content (AvgIpc) is 2.62. The molecule has 0 spiro atoms. The van der Waals surface area contributed by atoms with Gasteiger partial charge in [0.2, 0.25) is 10.0 Å². The third kappa shape index (κ3) is 5.80. The summed E-state index contributed by atoms with van der Waals surface area (Å²) in [7, 11) is -3.65. The Balaban J connectivity index is 2.15. The third-order valence-electron chi connectivity index (χ3n) is 3.46. The lowest BCUT2D eigenvalue weighted by Crippen LogP contribution is -2.28. The van der Waals surface area contributed by atoms with Crippen molar-refractivity contribution < 1.29 is 18.0 Å². The molecule has 0 saturated carbocycles. The summed E-state index contributed by atoms with van der Waals surface area (Å²) < 4.78 is 26.5. The number of benzene rings is 2. The van der Waals surface area contributed by atoms with E-state index < -0.39 is 15.9 Å². The van der Waals surface area contributed by atoms with Gasteiger partial charge in [-0.25, -0.2) is 17.9 Å². The van der Waals surface area contributed by atoms with E-state index in [0.717, 1.165) is 0 Å². The van der Waals surface area contributed by atoms with Gasteiger partial charge in [0, 0.05) is 30.0 Å². The van der Waals surface area contributed by atoms with Crippen molar-refractivity contribution in [2.75, 3.05) is 23.7 Å². The van der Waals surface area contributed by atoms with Crippen molar-refractivity contribution in [1.82, 2.24) is 10.0 Å². The molecule has 0 fully saturated rings. The maximum absolute atomic E-state index is 12.5. The highest BCUT2D eigenvalue weighted by Gasteiger charge is 2.15. The van der Waals surface area contributed by atoms with E-state index in [1.54, 1.807) is 38.1 Å². The van der Waals surface area contributed by atoms with Gasteiger partial charge in [-0.3, -0.25) is 4.79 Å². The minimum absolute atomic E-state index is 0.0173. The number of hydrogen-bond acceptors (Lipinski definition) is 4. The van der Waals surface area contributed by atoms with Crippen molar-refractivity contribution in [2.45, 2.75) is 18.7 Å². The molecule has 2 aromatic rings. The molecule has 0 aliphatic rings. The quantitative estimate of drug-likeness (QED) is 0.581. The van der Waals surface area contributed by atoms with E-state index >= 15 is 0 Å². The second-order valence-corrected chi connectivity index (χ2v) is 7.32. The normalized spacial score (nSPS) is 10.9. The summed E-state index contributed by atoms with van der Waals surface area (Å²) in [5, 5.41) is 7.95. The van der Waals surface area contributed by atoms with Gasteiger partial charge in [-0.15, -0.1) is 0 Å². The van der Waals surface area contributed by atoms with E-state index in [2.05, 4.69) is 20.7 Å². The number of urea groups is 1. The van der Waals surface area contributed by atoms with Crippen LogP contribution in [0.5, 0.6) is 0 Å². The lowest BCUT2D eigenvalue weighted by Gasteiger charge is -2.10. The zero-order valence-electron chi connectivity index (χ0n) is 15.1. The van der Waals surface area contributed by atoms with Crippen LogP contribution < -0.4 is 20.7 Å². The monoisotopic (exact) mass is 390 g/mol. The summed E-state index contributed by atoms with van der Waals surface area (Å²) in [5.41, 5.74) is 1.19. The molecule has 0 unspecified atom stereocenters. The van der Waals surface area contributed by atoms with Gasteiger partial charge >= 0.3 is 6.03 Å². The summed E-state index contributed by atoms with van der Waals surface area (Å²) in [4.78, 5) is 24.1. The van der Waals surface area contributed by atoms with Crippen LogP contribution in [0.1, 0.15) is 24.2 Å². The summed E-state index contributed by atoms with van der Waals surface area (Å²) in [5.74, 6) is -0.460. The molecule has 2 rings (SSSR count). The predicted octanol–water partition coefficient (Wildman–Crippen LogP) is 2.38. The molecule has 144 valence electrons. The number of anilines is 2. The van der Waals surface area contributed by atoms with Crippen LogP contribution in [0, 0.1) is 0 Å². The van der Waals surface area contributed by atoms with Gasteiger partial charge in [-0.05, 0) is 43.3 Å². The van der Waals surface area contributed by atoms with Crippen LogP contribution in [-0.4, -0.2) is 33.4 Å². The molecule has 2 aromatic carbocycles. The first-order chi connectivity index (χ1) is 12.9. The Labute approximate surface area is 158 Å². The molecule has 0 heterocycles. The Morgan fingerprint density at radius 3 is 2.22 bits per heavy atom. The molecule has 0 bridgehead atoms. The minimum Gasteiger partial charge on any atom is -0.338 e. The van der Waals surface area contributed by atoms with Crippen LogP contribution >= 0.6 is 0 Å². The summed E-state index contributed by atoms with van der Waals surface area (Å²) in [6.07, 6.45) is 0. The molecule has 0 aliphatic carbocycles. The maximum atomic E-state index is 12.5. The summed E-state index contributed by atoms with van der Waals surface area (Å²) >= 11 is 0. The second-order valence-electron chi connectivity index (χ2n) is 5.55. The number of carbonyl (C=O) groups excluding carboxylic acids is 2. The molecule has 27 heavy (non-hydrogen) atoms. The lowest BCUT2D eigenvalue weighted by molar-refractivity contribution is 0.102. The highest BCUT2D eigenvalue weighted by Crippen LogP contribution is 2.17. The predicted molar refractivity (Wildman–Crippen MR) is 104 cm³/mol. The first-order valence-electron chi connectivity index (χ1n) is 8.41. The molecule has 8 nitrogen and oxygen atoms in total. The fourth-order valence-electron chi connectivity index (χ4n) is 2.29. The van der Waals surface area contributed by atoms with E-state index in [0.29, 0.717) is 17.9 Å². The van der Waals surface area contributed by atoms with Crippen molar-refractivity contribution in [3.8, 4) is 0 Å². The Hall–Kier alpha value is -2.91. The van der Waals surface area contributed by atoms with Crippen molar-refractivity contribution in [1.29, 1.82) is 0 Å². The number of nitrogens with one attached hydrogen (secondary N) is 4. The average molecular weight is 390 g/mol. The first kappa shape index (κ1) is 20.4. The van der Waals surface area contributed by atoms with Crippen LogP contribution in [-0.2, 0) is 10.0 Å². The van der Waals surface area contributed by atoms with Crippen molar-refractivity contribution in [2.24, 2.45) is 0 Å². The molecule has 0 atom stereocenters. The largest absolute Gasteiger partial charge is 0.338 e. The molecular weight excluding hydrogens is 368 g/mol. The van der Waals surface area contributed by atoms with E-state index in [1.165, 1.54) is 24.3 Å². The van der Waals surface area contributed by atoms with Gasteiger partial charge in [0.05, 0.1) is 4.90 Å². The number of amides is 3.